The molecule has 0 heterocycles. The molecular formula is C12H16N2. The van der Waals surface area contributed by atoms with E-state index in [4.69, 9.17) is 12.2 Å². The number of hydrogen-bond donors (Lipinski definition) is 2. The second-order valence-corrected chi connectivity index (χ2v) is 3.21. The zero-order chi connectivity index (χ0) is 10.2. The van der Waals surface area contributed by atoms with Gasteiger partial charge in [0.15, 0.2) is 0 Å². The summed E-state index contributed by atoms with van der Waals surface area (Å²) in [5.74, 6) is 2.55. The maximum Gasteiger partial charge on any atom is 0.0576 e. The molecule has 2 nitrogen and oxygen atoms in total. The van der Waals surface area contributed by atoms with Gasteiger partial charge in [-0.05, 0) is 12.0 Å². The normalized spacial score (nSPS) is 12.0. The van der Waals surface area contributed by atoms with Gasteiger partial charge in [0.25, 0.3) is 0 Å². The van der Waals surface area contributed by atoms with E-state index in [0.717, 1.165) is 6.42 Å². The number of nitrogens with two attached hydrogens (primary N) is 1. The minimum Gasteiger partial charge on any atom is -0.329 e. The van der Waals surface area contributed by atoms with Crippen molar-refractivity contribution in [3.63, 3.8) is 0 Å². The minimum absolute atomic E-state index is 0.272. The van der Waals surface area contributed by atoms with Gasteiger partial charge in [0, 0.05) is 12.6 Å². The summed E-state index contributed by atoms with van der Waals surface area (Å²) in [7, 11) is 0. The first kappa shape index (κ1) is 10.8. The molecule has 0 amide bonds. The second-order valence-electron chi connectivity index (χ2n) is 3.21. The topological polar surface area (TPSA) is 38.0 Å². The van der Waals surface area contributed by atoms with Crippen molar-refractivity contribution in [3.05, 3.63) is 35.9 Å². The Kier molecular flexibility index (Phi) is 4.77. The van der Waals surface area contributed by atoms with Crippen LogP contribution in [0.15, 0.2) is 30.3 Å². The third-order valence-corrected chi connectivity index (χ3v) is 2.10. The zero-order valence-electron chi connectivity index (χ0n) is 8.24. The van der Waals surface area contributed by atoms with Gasteiger partial charge in [-0.3, -0.25) is 0 Å². The van der Waals surface area contributed by atoms with Gasteiger partial charge in [-0.25, -0.2) is 0 Å². The predicted molar refractivity (Wildman–Crippen MR) is 59.8 cm³/mol. The van der Waals surface area contributed by atoms with Gasteiger partial charge >= 0.3 is 0 Å². The molecule has 0 fully saturated rings. The summed E-state index contributed by atoms with van der Waals surface area (Å²) in [6, 6.07) is 10.5. The van der Waals surface area contributed by atoms with Crippen LogP contribution in [-0.4, -0.2) is 19.1 Å². The first-order chi connectivity index (χ1) is 6.86. The van der Waals surface area contributed by atoms with Gasteiger partial charge in [0.2, 0.25) is 0 Å². The molecule has 1 aromatic rings. The summed E-state index contributed by atoms with van der Waals surface area (Å²) in [4.78, 5) is 0. The molecule has 0 saturated heterocycles. The maximum absolute atomic E-state index is 5.63. The fraction of sp³-hybridized carbons (Fsp3) is 0.333. The van der Waals surface area contributed by atoms with E-state index in [-0.39, 0.29) is 6.04 Å². The van der Waals surface area contributed by atoms with E-state index in [0.29, 0.717) is 13.1 Å². The van der Waals surface area contributed by atoms with Gasteiger partial charge in [-0.15, -0.1) is 6.42 Å². The van der Waals surface area contributed by atoms with Gasteiger partial charge < -0.3 is 11.1 Å². The molecule has 0 aliphatic heterocycles. The van der Waals surface area contributed by atoms with E-state index >= 15 is 0 Å². The predicted octanol–water partition coefficient (Wildman–Crippen LogP) is 0.779. The number of rotatable bonds is 5. The molecule has 0 bridgehead atoms. The van der Waals surface area contributed by atoms with Crippen molar-refractivity contribution in [2.45, 2.75) is 12.5 Å². The lowest BCUT2D eigenvalue weighted by Gasteiger charge is -2.14. The number of terminal acetylenes is 1. The lowest BCUT2D eigenvalue weighted by Crippen LogP contribution is -2.38. The molecule has 74 valence electrons. The Labute approximate surface area is 85.5 Å². The monoisotopic (exact) mass is 188 g/mol. The highest BCUT2D eigenvalue weighted by Gasteiger charge is 2.05. The summed E-state index contributed by atoms with van der Waals surface area (Å²) >= 11 is 0. The maximum atomic E-state index is 5.63. The standard InChI is InChI=1S/C12H16N2/c1-2-8-14-12(10-13)9-11-6-4-3-5-7-11/h1,3-7,12,14H,8-10,13H2. The van der Waals surface area contributed by atoms with Crippen LogP contribution >= 0.6 is 0 Å². The fourth-order valence-corrected chi connectivity index (χ4v) is 1.34. The Morgan fingerprint density at radius 3 is 2.64 bits per heavy atom. The van der Waals surface area contributed by atoms with Gasteiger partial charge in [-0.2, -0.15) is 0 Å². The first-order valence-corrected chi connectivity index (χ1v) is 4.77. The molecule has 2 heteroatoms. The second kappa shape index (κ2) is 6.20. The molecule has 0 aromatic heterocycles. The van der Waals surface area contributed by atoms with E-state index in [2.05, 4.69) is 23.4 Å². The van der Waals surface area contributed by atoms with Crippen LogP contribution < -0.4 is 11.1 Å². The van der Waals surface area contributed by atoms with Crippen LogP contribution in [0.2, 0.25) is 0 Å². The highest BCUT2D eigenvalue weighted by Crippen LogP contribution is 2.01. The largest absolute Gasteiger partial charge is 0.329 e. The average molecular weight is 188 g/mol. The molecule has 1 unspecified atom stereocenters. The quantitative estimate of drug-likeness (QED) is 0.670. The smallest absolute Gasteiger partial charge is 0.0576 e. The molecule has 3 N–H and O–H groups in total. The molecule has 14 heavy (non-hydrogen) atoms. The fourth-order valence-electron chi connectivity index (χ4n) is 1.34. The first-order valence-electron chi connectivity index (χ1n) is 4.77. The molecule has 0 aliphatic rings. The van der Waals surface area contributed by atoms with Gasteiger partial charge in [0.05, 0.1) is 6.54 Å². The van der Waals surface area contributed by atoms with Crippen LogP contribution in [0, 0.1) is 12.3 Å². The van der Waals surface area contributed by atoms with E-state index in [1.165, 1.54) is 5.56 Å². The Bertz CT molecular complexity index is 287. The van der Waals surface area contributed by atoms with Crippen LogP contribution in [0.4, 0.5) is 0 Å². The van der Waals surface area contributed by atoms with Gasteiger partial charge in [0.1, 0.15) is 0 Å². The summed E-state index contributed by atoms with van der Waals surface area (Å²) < 4.78 is 0. The van der Waals surface area contributed by atoms with Crippen molar-refractivity contribution in [2.24, 2.45) is 5.73 Å². The van der Waals surface area contributed by atoms with Gasteiger partial charge in [-0.1, -0.05) is 36.3 Å². The van der Waals surface area contributed by atoms with E-state index < -0.39 is 0 Å². The van der Waals surface area contributed by atoms with E-state index in [9.17, 15) is 0 Å². The molecule has 0 saturated carbocycles. The summed E-state index contributed by atoms with van der Waals surface area (Å²) in [5.41, 5.74) is 6.91. The van der Waals surface area contributed by atoms with E-state index in [1.807, 2.05) is 18.2 Å². The molecular weight excluding hydrogens is 172 g/mol. The van der Waals surface area contributed by atoms with Crippen LogP contribution in [0.3, 0.4) is 0 Å². The molecule has 0 radical (unpaired) electrons. The lowest BCUT2D eigenvalue weighted by molar-refractivity contribution is 0.549. The summed E-state index contributed by atoms with van der Waals surface area (Å²) in [5, 5.41) is 3.21. The van der Waals surface area contributed by atoms with Crippen molar-refractivity contribution in [1.82, 2.24) is 5.32 Å². The molecule has 1 atom stereocenters. The Balaban J connectivity index is 2.45. The number of nitrogens with one attached hydrogen (secondary N) is 1. The molecule has 0 aliphatic carbocycles. The van der Waals surface area contributed by atoms with Crippen molar-refractivity contribution in [3.8, 4) is 12.3 Å². The van der Waals surface area contributed by atoms with Crippen LogP contribution in [0.25, 0.3) is 0 Å². The van der Waals surface area contributed by atoms with E-state index in [1.54, 1.807) is 0 Å². The van der Waals surface area contributed by atoms with Crippen molar-refractivity contribution < 1.29 is 0 Å². The zero-order valence-corrected chi connectivity index (χ0v) is 8.24. The van der Waals surface area contributed by atoms with Crippen molar-refractivity contribution >= 4 is 0 Å². The minimum atomic E-state index is 0.272. The molecule has 1 aromatic carbocycles. The van der Waals surface area contributed by atoms with Crippen LogP contribution in [0.5, 0.6) is 0 Å². The third kappa shape index (κ3) is 3.61. The van der Waals surface area contributed by atoms with Crippen molar-refractivity contribution in [2.75, 3.05) is 13.1 Å². The molecule has 0 spiro atoms. The Morgan fingerprint density at radius 1 is 1.36 bits per heavy atom. The lowest BCUT2D eigenvalue weighted by atomic mass is 10.1. The van der Waals surface area contributed by atoms with Crippen molar-refractivity contribution in [1.29, 1.82) is 0 Å². The summed E-state index contributed by atoms with van der Waals surface area (Å²) in [6.07, 6.45) is 6.10. The Morgan fingerprint density at radius 2 is 2.07 bits per heavy atom. The number of hydrogen-bond acceptors (Lipinski definition) is 2. The van der Waals surface area contributed by atoms with Crippen LogP contribution in [-0.2, 0) is 6.42 Å². The SMILES string of the molecule is C#CCNC(CN)Cc1ccccc1. The number of benzene rings is 1. The molecule has 1 rings (SSSR count). The highest BCUT2D eigenvalue weighted by atomic mass is 14.9. The van der Waals surface area contributed by atoms with Crippen LogP contribution in [0.1, 0.15) is 5.56 Å². The third-order valence-electron chi connectivity index (χ3n) is 2.10. The average Bonchev–Trinajstić information content (AvgIpc) is 2.25. The summed E-state index contributed by atoms with van der Waals surface area (Å²) in [6.45, 7) is 1.19. The highest BCUT2D eigenvalue weighted by molar-refractivity contribution is 5.16. The Hall–Kier alpha value is -1.30.